The zero-order valence-electron chi connectivity index (χ0n) is 6.40. The number of alkyl halides is 3. The molecule has 0 aliphatic carbocycles. The molecule has 0 spiro atoms. The van der Waals surface area contributed by atoms with E-state index in [4.69, 9.17) is 5.73 Å². The largest absolute Gasteiger partial charge is 0.397 e. The lowest BCUT2D eigenvalue weighted by Crippen LogP contribution is -2.01. The van der Waals surface area contributed by atoms with Crippen molar-refractivity contribution in [3.8, 4) is 0 Å². The topological polar surface area (TPSA) is 38.9 Å². The molecule has 0 aromatic carbocycles. The molecule has 0 aliphatic heterocycles. The summed E-state index contributed by atoms with van der Waals surface area (Å²) in [5, 5.41) is 0.291. The number of pyridine rings is 1. The van der Waals surface area contributed by atoms with Gasteiger partial charge in [0.15, 0.2) is 0 Å². The van der Waals surface area contributed by atoms with Crippen molar-refractivity contribution in [2.45, 2.75) is 11.8 Å². The third kappa shape index (κ3) is 2.17. The molecule has 0 aliphatic rings. The number of nitrogen functional groups attached to an aromatic ring is 1. The molecule has 1 rings (SSSR count). The van der Waals surface area contributed by atoms with Gasteiger partial charge in [0.05, 0.1) is 17.4 Å². The minimum absolute atomic E-state index is 0.142. The maximum Gasteiger partial charge on any atom is 0.266 e. The number of hydrogen-bond acceptors (Lipinski definition) is 2. The Morgan fingerprint density at radius 1 is 1.54 bits per heavy atom. The number of nitrogens with zero attached hydrogens (tertiary/aromatic N) is 1. The van der Waals surface area contributed by atoms with E-state index in [0.29, 0.717) is 10.9 Å². The molecule has 2 nitrogen and oxygen atoms in total. The highest BCUT2D eigenvalue weighted by atomic mass is 79.9. The summed E-state index contributed by atoms with van der Waals surface area (Å²) in [6.07, 6.45) is -1.22. The van der Waals surface area contributed by atoms with Crippen LogP contribution in [0.25, 0.3) is 0 Å². The summed E-state index contributed by atoms with van der Waals surface area (Å²) in [6, 6.07) is 0. The maximum atomic E-state index is 12.5. The molecule has 0 radical (unpaired) electrons. The van der Waals surface area contributed by atoms with Crippen molar-refractivity contribution in [3.05, 3.63) is 21.9 Å². The Balaban J connectivity index is 3.35. The number of hydrogen-bond donors (Lipinski definition) is 1. The summed E-state index contributed by atoms with van der Waals surface area (Å²) in [5.74, 6) is 0. The first-order valence-electron chi connectivity index (χ1n) is 3.34. The molecule has 0 bridgehead atoms. The molecular weight excluding hydrogens is 310 g/mol. The van der Waals surface area contributed by atoms with Gasteiger partial charge in [0.25, 0.3) is 6.43 Å². The van der Waals surface area contributed by atoms with Gasteiger partial charge < -0.3 is 5.73 Å². The van der Waals surface area contributed by atoms with Gasteiger partial charge in [0, 0.05) is 5.33 Å². The van der Waals surface area contributed by atoms with Gasteiger partial charge in [0.2, 0.25) is 0 Å². The van der Waals surface area contributed by atoms with Crippen LogP contribution in [0.3, 0.4) is 0 Å². The van der Waals surface area contributed by atoms with Crippen molar-refractivity contribution in [2.75, 3.05) is 5.73 Å². The van der Waals surface area contributed by atoms with E-state index in [0.717, 1.165) is 0 Å². The van der Waals surface area contributed by atoms with E-state index in [-0.39, 0.29) is 15.9 Å². The number of rotatable bonds is 2. The average molecular weight is 316 g/mol. The number of nitrogens with two attached hydrogens (primary N) is 1. The molecule has 13 heavy (non-hydrogen) atoms. The van der Waals surface area contributed by atoms with Crippen molar-refractivity contribution in [2.24, 2.45) is 0 Å². The van der Waals surface area contributed by atoms with Crippen LogP contribution in [0.1, 0.15) is 17.6 Å². The summed E-state index contributed by atoms with van der Waals surface area (Å²) in [7, 11) is 0. The standard InChI is InChI=1S/C7H6Br2F2N2/c8-1-3-4(12)2-13-6(9)5(3)7(10)11/h2,7H,1,12H2. The first-order valence-corrected chi connectivity index (χ1v) is 5.26. The fourth-order valence-corrected chi connectivity index (χ4v) is 2.07. The van der Waals surface area contributed by atoms with Crippen LogP contribution in [0.15, 0.2) is 10.8 Å². The van der Waals surface area contributed by atoms with Crippen LogP contribution < -0.4 is 5.73 Å². The van der Waals surface area contributed by atoms with Gasteiger partial charge in [-0.15, -0.1) is 0 Å². The molecule has 1 aromatic rings. The summed E-state index contributed by atoms with van der Waals surface area (Å²) in [4.78, 5) is 3.70. The smallest absolute Gasteiger partial charge is 0.266 e. The first-order chi connectivity index (χ1) is 6.07. The van der Waals surface area contributed by atoms with Crippen molar-refractivity contribution < 1.29 is 8.78 Å². The molecule has 1 heterocycles. The van der Waals surface area contributed by atoms with Gasteiger partial charge in [-0.2, -0.15) is 0 Å². The minimum atomic E-state index is -2.57. The van der Waals surface area contributed by atoms with Crippen molar-refractivity contribution >= 4 is 37.5 Å². The highest BCUT2D eigenvalue weighted by molar-refractivity contribution is 9.10. The van der Waals surface area contributed by atoms with Crippen LogP contribution in [0.2, 0.25) is 0 Å². The van der Waals surface area contributed by atoms with E-state index in [9.17, 15) is 8.78 Å². The molecule has 6 heteroatoms. The van der Waals surface area contributed by atoms with E-state index >= 15 is 0 Å². The third-order valence-corrected chi connectivity index (χ3v) is 2.76. The Bertz CT molecular complexity index is 318. The Morgan fingerprint density at radius 3 is 2.54 bits per heavy atom. The fourth-order valence-electron chi connectivity index (χ4n) is 0.925. The van der Waals surface area contributed by atoms with Crippen LogP contribution in [-0.2, 0) is 5.33 Å². The monoisotopic (exact) mass is 314 g/mol. The predicted molar refractivity (Wildman–Crippen MR) is 53.9 cm³/mol. The highest BCUT2D eigenvalue weighted by Gasteiger charge is 2.19. The second-order valence-electron chi connectivity index (χ2n) is 2.33. The Morgan fingerprint density at radius 2 is 2.15 bits per heavy atom. The molecule has 1 aromatic heterocycles. The molecule has 0 fully saturated rings. The van der Waals surface area contributed by atoms with E-state index in [1.807, 2.05) is 0 Å². The van der Waals surface area contributed by atoms with E-state index in [1.54, 1.807) is 0 Å². The molecule has 0 amide bonds. The Labute approximate surface area is 90.8 Å². The SMILES string of the molecule is Nc1cnc(Br)c(C(F)F)c1CBr. The van der Waals surface area contributed by atoms with Gasteiger partial charge in [-0.3, -0.25) is 0 Å². The average Bonchev–Trinajstić information content (AvgIpc) is 2.07. The maximum absolute atomic E-state index is 12.5. The van der Waals surface area contributed by atoms with Gasteiger partial charge in [-0.05, 0) is 21.5 Å². The van der Waals surface area contributed by atoms with Crippen LogP contribution in [0.5, 0.6) is 0 Å². The molecule has 0 saturated carbocycles. The molecule has 0 saturated heterocycles. The molecule has 2 N–H and O–H groups in total. The van der Waals surface area contributed by atoms with E-state index < -0.39 is 6.43 Å². The van der Waals surface area contributed by atoms with Crippen LogP contribution in [0.4, 0.5) is 14.5 Å². The molecule has 0 atom stereocenters. The molecule has 72 valence electrons. The van der Waals surface area contributed by atoms with Crippen LogP contribution in [-0.4, -0.2) is 4.98 Å². The number of halogens is 4. The van der Waals surface area contributed by atoms with E-state index in [1.165, 1.54) is 6.20 Å². The predicted octanol–water partition coefficient (Wildman–Crippen LogP) is 3.26. The Hall–Kier alpha value is -0.230. The quantitative estimate of drug-likeness (QED) is 0.672. The van der Waals surface area contributed by atoms with Crippen molar-refractivity contribution in [3.63, 3.8) is 0 Å². The highest BCUT2D eigenvalue weighted by Crippen LogP contribution is 2.33. The van der Waals surface area contributed by atoms with Gasteiger partial charge in [-0.1, -0.05) is 15.9 Å². The Kier molecular flexibility index (Phi) is 3.61. The third-order valence-electron chi connectivity index (χ3n) is 1.56. The van der Waals surface area contributed by atoms with Crippen LogP contribution in [0, 0.1) is 0 Å². The second kappa shape index (κ2) is 4.32. The summed E-state index contributed by atoms with van der Waals surface area (Å²) in [5.41, 5.74) is 6.01. The number of anilines is 1. The fraction of sp³-hybridized carbons (Fsp3) is 0.286. The van der Waals surface area contributed by atoms with Crippen molar-refractivity contribution in [1.29, 1.82) is 0 Å². The summed E-state index contributed by atoms with van der Waals surface area (Å²) >= 11 is 6.05. The van der Waals surface area contributed by atoms with Crippen LogP contribution >= 0.6 is 31.9 Å². The lowest BCUT2D eigenvalue weighted by molar-refractivity contribution is 0.149. The number of aromatic nitrogens is 1. The summed E-state index contributed by atoms with van der Waals surface area (Å²) < 4.78 is 25.2. The first kappa shape index (κ1) is 10.8. The lowest BCUT2D eigenvalue weighted by Gasteiger charge is -2.10. The minimum Gasteiger partial charge on any atom is -0.397 e. The van der Waals surface area contributed by atoms with Crippen molar-refractivity contribution in [1.82, 2.24) is 4.98 Å². The lowest BCUT2D eigenvalue weighted by atomic mass is 10.1. The van der Waals surface area contributed by atoms with Gasteiger partial charge in [0.1, 0.15) is 4.60 Å². The zero-order chi connectivity index (χ0) is 10.0. The molecule has 0 unspecified atom stereocenters. The van der Waals surface area contributed by atoms with Gasteiger partial charge in [-0.25, -0.2) is 13.8 Å². The molecular formula is C7H6Br2F2N2. The normalized spacial score (nSPS) is 10.8. The zero-order valence-corrected chi connectivity index (χ0v) is 9.57. The summed E-state index contributed by atoms with van der Waals surface area (Å²) in [6.45, 7) is 0. The van der Waals surface area contributed by atoms with E-state index in [2.05, 4.69) is 36.8 Å². The van der Waals surface area contributed by atoms with Gasteiger partial charge >= 0.3 is 0 Å². The second-order valence-corrected chi connectivity index (χ2v) is 3.64.